The molecule has 1 heterocycles. The summed E-state index contributed by atoms with van der Waals surface area (Å²) in [4.78, 5) is 4.93. The largest absolute Gasteiger partial charge is 0.389 e. The van der Waals surface area contributed by atoms with Crippen LogP contribution in [-0.2, 0) is 0 Å². The molecule has 3 nitrogen and oxygen atoms in total. The summed E-state index contributed by atoms with van der Waals surface area (Å²) in [6.45, 7) is 10.7. The molecule has 0 aromatic heterocycles. The first kappa shape index (κ1) is 14.8. The van der Waals surface area contributed by atoms with Crippen LogP contribution in [0.1, 0.15) is 32.4 Å². The normalized spacial score (nSPS) is 22.6. The molecule has 0 spiro atoms. The van der Waals surface area contributed by atoms with E-state index in [1.165, 1.54) is 5.69 Å². The van der Waals surface area contributed by atoms with Gasteiger partial charge in [0.1, 0.15) is 0 Å². The van der Waals surface area contributed by atoms with Crippen molar-refractivity contribution in [3.8, 4) is 0 Å². The average molecular weight is 327 g/mol. The first-order chi connectivity index (χ1) is 9.02. The fourth-order valence-corrected chi connectivity index (χ4v) is 3.45. The molecule has 0 bridgehead atoms. The van der Waals surface area contributed by atoms with Crippen molar-refractivity contribution in [2.75, 3.05) is 31.1 Å². The molecule has 2 rings (SSSR count). The van der Waals surface area contributed by atoms with Crippen molar-refractivity contribution in [3.63, 3.8) is 0 Å². The lowest BCUT2D eigenvalue weighted by atomic mass is 10.1. The van der Waals surface area contributed by atoms with Crippen LogP contribution >= 0.6 is 15.9 Å². The topological polar surface area (TPSA) is 26.7 Å². The molecule has 106 valence electrons. The molecule has 1 saturated heterocycles. The van der Waals surface area contributed by atoms with E-state index in [9.17, 15) is 5.11 Å². The third-order valence-electron chi connectivity index (χ3n) is 3.97. The van der Waals surface area contributed by atoms with Crippen LogP contribution < -0.4 is 4.90 Å². The Morgan fingerprint density at radius 1 is 1.42 bits per heavy atom. The highest BCUT2D eigenvalue weighted by atomic mass is 79.9. The van der Waals surface area contributed by atoms with E-state index in [-0.39, 0.29) is 0 Å². The summed E-state index contributed by atoms with van der Waals surface area (Å²) in [5.74, 6) is 0. The number of aliphatic hydroxyl groups is 1. The van der Waals surface area contributed by atoms with Crippen LogP contribution in [0.4, 0.5) is 5.69 Å². The third kappa shape index (κ3) is 3.30. The molecule has 1 aromatic rings. The van der Waals surface area contributed by atoms with Gasteiger partial charge in [-0.05, 0) is 38.1 Å². The molecular formula is C15H23BrN2O. The second kappa shape index (κ2) is 6.25. The van der Waals surface area contributed by atoms with Crippen molar-refractivity contribution >= 4 is 21.6 Å². The Labute approximate surface area is 124 Å². The van der Waals surface area contributed by atoms with Crippen LogP contribution in [0, 0.1) is 0 Å². The minimum atomic E-state index is -0.431. The standard InChI is InChI=1S/C15H23BrN2O/c1-4-17-7-8-18(10-11(17)2)13-5-6-14(12(3)19)15(16)9-13/h5-6,9,11-12,19H,4,7-8,10H2,1-3H3/t11?,12-/m0/s1. The Balaban J connectivity index is 2.13. The quantitative estimate of drug-likeness (QED) is 0.924. The molecule has 2 atom stereocenters. The number of aliphatic hydroxyl groups excluding tert-OH is 1. The maximum Gasteiger partial charge on any atom is 0.0772 e. The Morgan fingerprint density at radius 3 is 2.68 bits per heavy atom. The van der Waals surface area contributed by atoms with Gasteiger partial charge in [-0.15, -0.1) is 0 Å². The van der Waals surface area contributed by atoms with Crippen LogP contribution in [0.25, 0.3) is 0 Å². The molecule has 1 aliphatic heterocycles. The zero-order valence-corrected chi connectivity index (χ0v) is 13.5. The third-order valence-corrected chi connectivity index (χ3v) is 4.66. The molecule has 1 aliphatic rings. The van der Waals surface area contributed by atoms with Gasteiger partial charge in [0, 0.05) is 35.8 Å². The highest BCUT2D eigenvalue weighted by molar-refractivity contribution is 9.10. The molecule has 19 heavy (non-hydrogen) atoms. The van der Waals surface area contributed by atoms with E-state index in [1.807, 2.05) is 6.07 Å². The van der Waals surface area contributed by atoms with Gasteiger partial charge in [0.2, 0.25) is 0 Å². The van der Waals surface area contributed by atoms with Crippen molar-refractivity contribution in [3.05, 3.63) is 28.2 Å². The number of piperazine rings is 1. The van der Waals surface area contributed by atoms with Gasteiger partial charge in [-0.1, -0.05) is 28.9 Å². The molecule has 1 fully saturated rings. The number of nitrogens with zero attached hydrogens (tertiary/aromatic N) is 2. The second-order valence-electron chi connectivity index (χ2n) is 5.31. The fraction of sp³-hybridized carbons (Fsp3) is 0.600. The van der Waals surface area contributed by atoms with Crippen LogP contribution in [0.2, 0.25) is 0 Å². The predicted octanol–water partition coefficient (Wildman–Crippen LogP) is 3.03. The lowest BCUT2D eigenvalue weighted by Crippen LogP contribution is -2.51. The molecular weight excluding hydrogens is 304 g/mol. The SMILES string of the molecule is CCN1CCN(c2ccc([C@H](C)O)c(Br)c2)CC1C. The van der Waals surface area contributed by atoms with Gasteiger partial charge < -0.3 is 10.0 Å². The number of rotatable bonds is 3. The van der Waals surface area contributed by atoms with E-state index in [0.717, 1.165) is 36.2 Å². The first-order valence-corrected chi connectivity index (χ1v) is 7.78. The molecule has 0 radical (unpaired) electrons. The minimum Gasteiger partial charge on any atom is -0.389 e. The molecule has 0 saturated carbocycles. The van der Waals surface area contributed by atoms with E-state index in [1.54, 1.807) is 6.92 Å². The van der Waals surface area contributed by atoms with Crippen molar-refractivity contribution in [2.45, 2.75) is 32.9 Å². The first-order valence-electron chi connectivity index (χ1n) is 6.99. The van der Waals surface area contributed by atoms with Crippen molar-refractivity contribution in [1.82, 2.24) is 4.90 Å². The monoisotopic (exact) mass is 326 g/mol. The minimum absolute atomic E-state index is 0.431. The zero-order valence-electron chi connectivity index (χ0n) is 11.9. The van der Waals surface area contributed by atoms with Gasteiger partial charge in [-0.25, -0.2) is 0 Å². The Hall–Kier alpha value is -0.580. The lowest BCUT2D eigenvalue weighted by Gasteiger charge is -2.40. The number of hydrogen-bond donors (Lipinski definition) is 1. The molecule has 1 unspecified atom stereocenters. The smallest absolute Gasteiger partial charge is 0.0772 e. The Morgan fingerprint density at radius 2 is 2.16 bits per heavy atom. The Bertz CT molecular complexity index is 436. The summed E-state index contributed by atoms with van der Waals surface area (Å²) in [6.07, 6.45) is -0.431. The predicted molar refractivity (Wildman–Crippen MR) is 83.7 cm³/mol. The Kier molecular flexibility index (Phi) is 4.87. The zero-order chi connectivity index (χ0) is 14.0. The number of likely N-dealkylation sites (N-methyl/N-ethyl adjacent to an activating group) is 1. The van der Waals surface area contributed by atoms with Gasteiger partial charge in [0.15, 0.2) is 0 Å². The van der Waals surface area contributed by atoms with Crippen molar-refractivity contribution in [1.29, 1.82) is 0 Å². The van der Waals surface area contributed by atoms with Gasteiger partial charge in [-0.2, -0.15) is 0 Å². The van der Waals surface area contributed by atoms with Gasteiger partial charge in [-0.3, -0.25) is 4.90 Å². The van der Waals surface area contributed by atoms with Gasteiger partial charge >= 0.3 is 0 Å². The summed E-state index contributed by atoms with van der Waals surface area (Å²) in [7, 11) is 0. The van der Waals surface area contributed by atoms with E-state index in [4.69, 9.17) is 0 Å². The van der Waals surface area contributed by atoms with Gasteiger partial charge in [0.25, 0.3) is 0 Å². The second-order valence-corrected chi connectivity index (χ2v) is 6.16. The van der Waals surface area contributed by atoms with E-state index in [2.05, 4.69) is 51.7 Å². The maximum atomic E-state index is 9.66. The highest BCUT2D eigenvalue weighted by Crippen LogP contribution is 2.29. The number of halogens is 1. The molecule has 1 N–H and O–H groups in total. The average Bonchev–Trinajstić information content (AvgIpc) is 2.38. The lowest BCUT2D eigenvalue weighted by molar-refractivity contribution is 0.197. The number of hydrogen-bond acceptors (Lipinski definition) is 3. The fourth-order valence-electron chi connectivity index (χ4n) is 2.75. The molecule has 4 heteroatoms. The van der Waals surface area contributed by atoms with Crippen molar-refractivity contribution < 1.29 is 5.11 Å². The molecule has 1 aromatic carbocycles. The summed E-state index contributed by atoms with van der Waals surface area (Å²) in [5, 5.41) is 9.66. The molecule has 0 aliphatic carbocycles. The highest BCUT2D eigenvalue weighted by Gasteiger charge is 2.22. The van der Waals surface area contributed by atoms with Gasteiger partial charge in [0.05, 0.1) is 6.10 Å². The summed E-state index contributed by atoms with van der Waals surface area (Å²) < 4.78 is 0.991. The van der Waals surface area contributed by atoms with E-state index < -0.39 is 6.10 Å². The van der Waals surface area contributed by atoms with E-state index >= 15 is 0 Å². The maximum absolute atomic E-state index is 9.66. The van der Waals surface area contributed by atoms with E-state index in [0.29, 0.717) is 6.04 Å². The van der Waals surface area contributed by atoms with Crippen LogP contribution in [0.15, 0.2) is 22.7 Å². The number of benzene rings is 1. The molecule has 0 amide bonds. The van der Waals surface area contributed by atoms with Crippen molar-refractivity contribution in [2.24, 2.45) is 0 Å². The summed E-state index contributed by atoms with van der Waals surface area (Å²) >= 11 is 3.56. The summed E-state index contributed by atoms with van der Waals surface area (Å²) in [6, 6.07) is 6.84. The van der Waals surface area contributed by atoms with Crippen LogP contribution in [-0.4, -0.2) is 42.2 Å². The number of anilines is 1. The summed E-state index contributed by atoms with van der Waals surface area (Å²) in [5.41, 5.74) is 2.18. The van der Waals surface area contributed by atoms with Crippen LogP contribution in [0.3, 0.4) is 0 Å². The van der Waals surface area contributed by atoms with Crippen LogP contribution in [0.5, 0.6) is 0 Å².